The lowest BCUT2D eigenvalue weighted by atomic mass is 10.1. The van der Waals surface area contributed by atoms with Gasteiger partial charge in [-0.2, -0.15) is 0 Å². The van der Waals surface area contributed by atoms with Crippen LogP contribution in [0.4, 0.5) is 5.82 Å². The van der Waals surface area contributed by atoms with Crippen molar-refractivity contribution in [1.29, 1.82) is 0 Å². The van der Waals surface area contributed by atoms with Crippen LogP contribution in [0.25, 0.3) is 10.8 Å². The van der Waals surface area contributed by atoms with Crippen LogP contribution in [0.15, 0.2) is 18.3 Å². The summed E-state index contributed by atoms with van der Waals surface area (Å²) in [7, 11) is 0. The van der Waals surface area contributed by atoms with Crippen LogP contribution >= 0.6 is 11.6 Å². The molecule has 5 heteroatoms. The maximum atomic E-state index is 9.15. The van der Waals surface area contributed by atoms with Crippen LogP contribution in [0.3, 0.4) is 0 Å². The van der Waals surface area contributed by atoms with Crippen LogP contribution in [0.2, 0.25) is 5.15 Å². The SMILES string of the molecule is OCCc1cc2cnc(Cl)cc2c(N2CCCCC2)n1. The molecule has 0 radical (unpaired) electrons. The Kier molecular flexibility index (Phi) is 4.03. The van der Waals surface area contributed by atoms with Gasteiger partial charge in [0.25, 0.3) is 0 Å². The molecule has 0 amide bonds. The molecule has 1 aliphatic heterocycles. The van der Waals surface area contributed by atoms with Gasteiger partial charge in [0.1, 0.15) is 11.0 Å². The topological polar surface area (TPSA) is 49.3 Å². The van der Waals surface area contributed by atoms with E-state index in [2.05, 4.69) is 9.88 Å². The molecule has 3 rings (SSSR count). The minimum atomic E-state index is 0.110. The molecule has 1 fully saturated rings. The van der Waals surface area contributed by atoms with Gasteiger partial charge in [-0.25, -0.2) is 9.97 Å². The fourth-order valence-electron chi connectivity index (χ4n) is 2.75. The van der Waals surface area contributed by atoms with Crippen molar-refractivity contribution < 1.29 is 5.11 Å². The maximum absolute atomic E-state index is 9.15. The first-order valence-electron chi connectivity index (χ1n) is 7.09. The highest BCUT2D eigenvalue weighted by atomic mass is 35.5. The Morgan fingerprint density at radius 3 is 2.75 bits per heavy atom. The molecule has 0 aromatic carbocycles. The van der Waals surface area contributed by atoms with Gasteiger partial charge >= 0.3 is 0 Å². The fraction of sp³-hybridized carbons (Fsp3) is 0.467. The van der Waals surface area contributed by atoms with Crippen molar-refractivity contribution in [1.82, 2.24) is 9.97 Å². The number of fused-ring (bicyclic) bond motifs is 1. The molecule has 0 saturated carbocycles. The smallest absolute Gasteiger partial charge is 0.136 e. The number of pyridine rings is 2. The number of aromatic nitrogens is 2. The maximum Gasteiger partial charge on any atom is 0.136 e. The zero-order valence-electron chi connectivity index (χ0n) is 11.3. The van der Waals surface area contributed by atoms with E-state index in [9.17, 15) is 0 Å². The van der Waals surface area contributed by atoms with Gasteiger partial charge in [0.15, 0.2) is 0 Å². The zero-order valence-corrected chi connectivity index (χ0v) is 12.1. The van der Waals surface area contributed by atoms with Gasteiger partial charge in [0.2, 0.25) is 0 Å². The van der Waals surface area contributed by atoms with E-state index in [1.54, 1.807) is 6.20 Å². The summed E-state index contributed by atoms with van der Waals surface area (Å²) in [5.41, 5.74) is 0.907. The minimum Gasteiger partial charge on any atom is -0.396 e. The molecule has 0 spiro atoms. The number of aliphatic hydroxyl groups excluding tert-OH is 1. The quantitative estimate of drug-likeness (QED) is 0.884. The van der Waals surface area contributed by atoms with Gasteiger partial charge < -0.3 is 10.0 Å². The standard InChI is InChI=1S/C15H18ClN3O/c16-14-9-13-11(10-17-14)8-12(4-7-20)18-15(13)19-5-2-1-3-6-19/h8-10,20H,1-7H2. The lowest BCUT2D eigenvalue weighted by molar-refractivity contribution is 0.298. The summed E-state index contributed by atoms with van der Waals surface area (Å²) in [6.45, 7) is 2.17. The van der Waals surface area contributed by atoms with Crippen LogP contribution in [0.5, 0.6) is 0 Å². The Hall–Kier alpha value is -1.39. The average molecular weight is 292 g/mol. The number of rotatable bonds is 3. The van der Waals surface area contributed by atoms with E-state index < -0.39 is 0 Å². The third kappa shape index (κ3) is 2.72. The fourth-order valence-corrected chi connectivity index (χ4v) is 2.90. The van der Waals surface area contributed by atoms with Crippen molar-refractivity contribution in [3.8, 4) is 0 Å². The van der Waals surface area contributed by atoms with E-state index in [1.165, 1.54) is 19.3 Å². The molecular formula is C15H18ClN3O. The van der Waals surface area contributed by atoms with Crippen molar-refractivity contribution in [2.75, 3.05) is 24.6 Å². The van der Waals surface area contributed by atoms with Gasteiger partial charge in [-0.1, -0.05) is 11.6 Å². The zero-order chi connectivity index (χ0) is 13.9. The first-order valence-corrected chi connectivity index (χ1v) is 7.47. The predicted molar refractivity (Wildman–Crippen MR) is 81.4 cm³/mol. The molecule has 0 bridgehead atoms. The van der Waals surface area contributed by atoms with Gasteiger partial charge in [0.05, 0.1) is 0 Å². The van der Waals surface area contributed by atoms with Crippen molar-refractivity contribution in [3.63, 3.8) is 0 Å². The van der Waals surface area contributed by atoms with E-state index in [4.69, 9.17) is 21.7 Å². The Balaban J connectivity index is 2.12. The molecule has 0 aliphatic carbocycles. The highest BCUT2D eigenvalue weighted by molar-refractivity contribution is 6.30. The molecule has 0 atom stereocenters. The molecule has 3 heterocycles. The second kappa shape index (κ2) is 5.94. The Morgan fingerprint density at radius 2 is 2.00 bits per heavy atom. The molecule has 106 valence electrons. The lowest BCUT2D eigenvalue weighted by Gasteiger charge is -2.29. The summed E-state index contributed by atoms with van der Waals surface area (Å²) >= 11 is 6.03. The van der Waals surface area contributed by atoms with Crippen molar-refractivity contribution in [3.05, 3.63) is 29.2 Å². The molecule has 2 aromatic heterocycles. The summed E-state index contributed by atoms with van der Waals surface area (Å²) < 4.78 is 0. The molecule has 0 unspecified atom stereocenters. The van der Waals surface area contributed by atoms with Crippen molar-refractivity contribution in [2.45, 2.75) is 25.7 Å². The monoisotopic (exact) mass is 291 g/mol. The highest BCUT2D eigenvalue weighted by Gasteiger charge is 2.16. The predicted octanol–water partition coefficient (Wildman–Crippen LogP) is 2.81. The highest BCUT2D eigenvalue weighted by Crippen LogP contribution is 2.29. The van der Waals surface area contributed by atoms with Crippen molar-refractivity contribution >= 4 is 28.2 Å². The number of aliphatic hydroxyl groups is 1. The Bertz CT molecular complexity index is 611. The second-order valence-electron chi connectivity index (χ2n) is 5.19. The van der Waals surface area contributed by atoms with E-state index >= 15 is 0 Å². The van der Waals surface area contributed by atoms with Gasteiger partial charge in [-0.15, -0.1) is 0 Å². The normalized spacial score (nSPS) is 15.8. The van der Waals surface area contributed by atoms with Gasteiger partial charge in [-0.05, 0) is 31.4 Å². The molecule has 4 nitrogen and oxygen atoms in total. The molecule has 1 N–H and O–H groups in total. The first kappa shape index (κ1) is 13.6. The lowest BCUT2D eigenvalue weighted by Crippen LogP contribution is -2.30. The number of piperidine rings is 1. The first-order chi connectivity index (χ1) is 9.78. The van der Waals surface area contributed by atoms with E-state index in [0.29, 0.717) is 11.6 Å². The number of nitrogens with zero attached hydrogens (tertiary/aromatic N) is 3. The van der Waals surface area contributed by atoms with Crippen molar-refractivity contribution in [2.24, 2.45) is 0 Å². The average Bonchev–Trinajstić information content (AvgIpc) is 2.48. The largest absolute Gasteiger partial charge is 0.396 e. The van der Waals surface area contributed by atoms with Crippen LogP contribution in [-0.4, -0.2) is 34.8 Å². The van der Waals surface area contributed by atoms with Crippen LogP contribution in [-0.2, 0) is 6.42 Å². The summed E-state index contributed by atoms with van der Waals surface area (Å²) in [5.74, 6) is 0.981. The van der Waals surface area contributed by atoms with Gasteiger partial charge in [0, 0.05) is 48.8 Å². The van der Waals surface area contributed by atoms with E-state index in [1.807, 2.05) is 12.1 Å². The summed E-state index contributed by atoms with van der Waals surface area (Å²) in [4.78, 5) is 11.2. The molecule has 1 aliphatic rings. The number of hydrogen-bond acceptors (Lipinski definition) is 4. The summed E-state index contributed by atoms with van der Waals surface area (Å²) in [6.07, 6.45) is 6.04. The number of anilines is 1. The van der Waals surface area contributed by atoms with Crippen LogP contribution < -0.4 is 4.90 Å². The Labute approximate surface area is 123 Å². The second-order valence-corrected chi connectivity index (χ2v) is 5.57. The molecule has 20 heavy (non-hydrogen) atoms. The number of hydrogen-bond donors (Lipinski definition) is 1. The van der Waals surface area contributed by atoms with E-state index in [0.717, 1.165) is 35.4 Å². The Morgan fingerprint density at radius 1 is 1.20 bits per heavy atom. The van der Waals surface area contributed by atoms with Crippen LogP contribution in [0.1, 0.15) is 25.0 Å². The minimum absolute atomic E-state index is 0.110. The van der Waals surface area contributed by atoms with E-state index in [-0.39, 0.29) is 6.61 Å². The third-order valence-electron chi connectivity index (χ3n) is 3.74. The summed E-state index contributed by atoms with van der Waals surface area (Å²) in [6, 6.07) is 3.87. The van der Waals surface area contributed by atoms with Gasteiger partial charge in [-0.3, -0.25) is 0 Å². The van der Waals surface area contributed by atoms with Crippen LogP contribution in [0, 0.1) is 0 Å². The summed E-state index contributed by atoms with van der Waals surface area (Å²) in [5, 5.41) is 11.7. The molecule has 2 aromatic rings. The molecular weight excluding hydrogens is 274 g/mol. The number of halogens is 1. The third-order valence-corrected chi connectivity index (χ3v) is 3.94. The molecule has 1 saturated heterocycles.